The summed E-state index contributed by atoms with van der Waals surface area (Å²) < 4.78 is 47.2. The second-order valence-corrected chi connectivity index (χ2v) is 9.38. The van der Waals surface area contributed by atoms with E-state index in [1.54, 1.807) is 0 Å². The lowest BCUT2D eigenvalue weighted by Gasteiger charge is -2.31. The van der Waals surface area contributed by atoms with E-state index in [1.165, 1.54) is 16.4 Å². The van der Waals surface area contributed by atoms with Gasteiger partial charge in [0.15, 0.2) is 0 Å². The van der Waals surface area contributed by atoms with E-state index in [1.807, 2.05) is 13.1 Å². The van der Waals surface area contributed by atoms with Crippen molar-refractivity contribution in [1.29, 1.82) is 0 Å². The van der Waals surface area contributed by atoms with Crippen molar-refractivity contribution in [2.24, 2.45) is 5.92 Å². The quantitative estimate of drug-likeness (QED) is 0.818. The van der Waals surface area contributed by atoms with Gasteiger partial charge in [0, 0.05) is 18.8 Å². The maximum Gasteiger partial charge on any atom is 0.246 e. The molecule has 1 aromatic heterocycles. The maximum absolute atomic E-state index is 13.8. The van der Waals surface area contributed by atoms with Gasteiger partial charge in [-0.1, -0.05) is 0 Å². The smallest absolute Gasteiger partial charge is 0.246 e. The molecule has 1 aromatic carbocycles. The highest BCUT2D eigenvalue weighted by molar-refractivity contribution is 7.89. The molecule has 146 valence electrons. The van der Waals surface area contributed by atoms with Crippen LogP contribution in [-0.2, 0) is 10.0 Å². The molecule has 1 aliphatic heterocycles. The first-order valence-corrected chi connectivity index (χ1v) is 10.8. The Hall–Kier alpha value is -1.93. The van der Waals surface area contributed by atoms with Gasteiger partial charge in [0.1, 0.15) is 16.5 Å². The second-order valence-electron chi connectivity index (χ2n) is 7.47. The van der Waals surface area contributed by atoms with Crippen LogP contribution in [0.2, 0.25) is 0 Å². The molecular weight excluding hydrogens is 369 g/mol. The fourth-order valence-corrected chi connectivity index (χ4v) is 5.23. The molecule has 1 saturated heterocycles. The Bertz CT molecular complexity index is 916. The van der Waals surface area contributed by atoms with Gasteiger partial charge in [0.25, 0.3) is 0 Å². The molecule has 4 rings (SSSR count). The molecule has 1 saturated carbocycles. The number of H-pyrrole nitrogens is 1. The van der Waals surface area contributed by atoms with Crippen LogP contribution < -0.4 is 4.74 Å². The van der Waals surface area contributed by atoms with Crippen LogP contribution in [0.15, 0.2) is 29.3 Å². The van der Waals surface area contributed by atoms with Gasteiger partial charge in [-0.3, -0.25) is 5.10 Å². The molecule has 2 aromatic rings. The van der Waals surface area contributed by atoms with Gasteiger partial charge >= 0.3 is 0 Å². The van der Waals surface area contributed by atoms with Crippen LogP contribution in [0.3, 0.4) is 0 Å². The number of ether oxygens (including phenoxy) is 1. The zero-order valence-corrected chi connectivity index (χ0v) is 16.1. The van der Waals surface area contributed by atoms with E-state index in [4.69, 9.17) is 4.74 Å². The largest absolute Gasteiger partial charge is 0.492 e. The normalized spacial score (nSPS) is 19.3. The summed E-state index contributed by atoms with van der Waals surface area (Å²) in [5, 5.41) is 6.99. The first-order valence-electron chi connectivity index (χ1n) is 9.37. The molecule has 0 unspecified atom stereocenters. The Labute approximate surface area is 158 Å². The minimum atomic E-state index is -3.80. The number of rotatable bonds is 6. The van der Waals surface area contributed by atoms with Crippen molar-refractivity contribution in [2.75, 3.05) is 19.7 Å². The zero-order chi connectivity index (χ0) is 19.0. The summed E-state index contributed by atoms with van der Waals surface area (Å²) in [5.74, 6) is 0.445. The van der Waals surface area contributed by atoms with Gasteiger partial charge < -0.3 is 4.74 Å². The third-order valence-electron chi connectivity index (χ3n) is 5.46. The van der Waals surface area contributed by atoms with Crippen molar-refractivity contribution in [3.05, 3.63) is 41.5 Å². The summed E-state index contributed by atoms with van der Waals surface area (Å²) >= 11 is 0. The van der Waals surface area contributed by atoms with Crippen molar-refractivity contribution in [1.82, 2.24) is 14.5 Å². The molecule has 2 fully saturated rings. The van der Waals surface area contributed by atoms with E-state index in [9.17, 15) is 12.8 Å². The standard InChI is InChI=1S/C19H24FN3O3S/c1-13-17(11-21-22-13)15-6-8-23(9-7-15)27(24,25)19-10-16(20)4-5-18(19)26-12-14-2-3-14/h4-5,10-11,14-15H,2-3,6-9,12H2,1H3,(H,21,22). The summed E-state index contributed by atoms with van der Waals surface area (Å²) in [7, 11) is -3.80. The Morgan fingerprint density at radius 2 is 2.00 bits per heavy atom. The summed E-state index contributed by atoms with van der Waals surface area (Å²) in [6.45, 7) is 3.25. The predicted molar refractivity (Wildman–Crippen MR) is 98.7 cm³/mol. The minimum absolute atomic E-state index is 0.0684. The van der Waals surface area contributed by atoms with Crippen molar-refractivity contribution >= 4 is 10.0 Å². The number of hydrogen-bond acceptors (Lipinski definition) is 4. The van der Waals surface area contributed by atoms with Crippen LogP contribution in [-0.4, -0.2) is 42.6 Å². The number of sulfonamides is 1. The molecule has 2 aliphatic rings. The van der Waals surface area contributed by atoms with Gasteiger partial charge in [-0.15, -0.1) is 0 Å². The first-order chi connectivity index (χ1) is 12.9. The van der Waals surface area contributed by atoms with E-state index in [2.05, 4.69) is 10.2 Å². The lowest BCUT2D eigenvalue weighted by molar-refractivity contribution is 0.287. The summed E-state index contributed by atoms with van der Waals surface area (Å²) in [4.78, 5) is -0.0684. The summed E-state index contributed by atoms with van der Waals surface area (Å²) in [5.41, 5.74) is 2.17. The molecule has 0 bridgehead atoms. The summed E-state index contributed by atoms with van der Waals surface area (Å²) in [6, 6.07) is 3.74. The monoisotopic (exact) mass is 393 g/mol. The molecule has 2 heterocycles. The Morgan fingerprint density at radius 3 is 2.63 bits per heavy atom. The van der Waals surface area contributed by atoms with Crippen LogP contribution in [0.25, 0.3) is 0 Å². The number of aromatic nitrogens is 2. The van der Waals surface area contributed by atoms with Crippen LogP contribution in [0.1, 0.15) is 42.9 Å². The van der Waals surface area contributed by atoms with Gasteiger partial charge in [0.2, 0.25) is 10.0 Å². The topological polar surface area (TPSA) is 75.3 Å². The molecule has 0 spiro atoms. The number of aromatic amines is 1. The van der Waals surface area contributed by atoms with Crippen molar-refractivity contribution in [2.45, 2.75) is 43.4 Å². The van der Waals surface area contributed by atoms with Crippen molar-refractivity contribution in [3.63, 3.8) is 0 Å². The highest BCUT2D eigenvalue weighted by atomic mass is 32.2. The first kappa shape index (κ1) is 18.4. The number of halogens is 1. The van der Waals surface area contributed by atoms with E-state index in [-0.39, 0.29) is 16.6 Å². The van der Waals surface area contributed by atoms with Gasteiger partial charge in [-0.25, -0.2) is 12.8 Å². The van der Waals surface area contributed by atoms with Crippen LogP contribution in [0.5, 0.6) is 5.75 Å². The zero-order valence-electron chi connectivity index (χ0n) is 15.3. The molecule has 0 radical (unpaired) electrons. The summed E-state index contributed by atoms with van der Waals surface area (Å²) in [6.07, 6.45) is 5.45. The Kier molecular flexibility index (Phi) is 4.94. The molecule has 1 N–H and O–H groups in total. The van der Waals surface area contributed by atoms with E-state index in [0.717, 1.165) is 30.2 Å². The number of piperidine rings is 1. The molecule has 1 aliphatic carbocycles. The van der Waals surface area contributed by atoms with Crippen molar-refractivity contribution in [3.8, 4) is 5.75 Å². The third kappa shape index (κ3) is 3.87. The number of nitrogens with one attached hydrogen (secondary N) is 1. The van der Waals surface area contributed by atoms with Gasteiger partial charge in [-0.05, 0) is 68.2 Å². The lowest BCUT2D eigenvalue weighted by atomic mass is 9.91. The average molecular weight is 393 g/mol. The minimum Gasteiger partial charge on any atom is -0.492 e. The number of benzene rings is 1. The molecule has 0 atom stereocenters. The van der Waals surface area contributed by atoms with E-state index < -0.39 is 15.8 Å². The lowest BCUT2D eigenvalue weighted by Crippen LogP contribution is -2.38. The van der Waals surface area contributed by atoms with Crippen LogP contribution in [0.4, 0.5) is 4.39 Å². The molecule has 6 nitrogen and oxygen atoms in total. The van der Waals surface area contributed by atoms with Crippen molar-refractivity contribution < 1.29 is 17.5 Å². The average Bonchev–Trinajstić information content (AvgIpc) is 3.40. The van der Waals surface area contributed by atoms with Crippen LogP contribution in [0, 0.1) is 18.7 Å². The number of hydrogen-bond donors (Lipinski definition) is 1. The fourth-order valence-electron chi connectivity index (χ4n) is 3.61. The highest BCUT2D eigenvalue weighted by Gasteiger charge is 2.33. The third-order valence-corrected chi connectivity index (χ3v) is 7.38. The SMILES string of the molecule is Cc1[nH]ncc1C1CCN(S(=O)(=O)c2cc(F)ccc2OCC2CC2)CC1. The highest BCUT2D eigenvalue weighted by Crippen LogP contribution is 2.35. The molecule has 8 heteroatoms. The molecule has 27 heavy (non-hydrogen) atoms. The fraction of sp³-hybridized carbons (Fsp3) is 0.526. The van der Waals surface area contributed by atoms with Gasteiger partial charge in [-0.2, -0.15) is 9.40 Å². The Balaban J connectivity index is 1.51. The molecular formula is C19H24FN3O3S. The maximum atomic E-state index is 13.8. The number of nitrogens with zero attached hydrogens (tertiary/aromatic N) is 2. The van der Waals surface area contributed by atoms with E-state index in [0.29, 0.717) is 38.5 Å². The Morgan fingerprint density at radius 1 is 1.26 bits per heavy atom. The molecule has 0 amide bonds. The predicted octanol–water partition coefficient (Wildman–Crippen LogP) is 3.21. The van der Waals surface area contributed by atoms with Crippen LogP contribution >= 0.6 is 0 Å². The number of aryl methyl sites for hydroxylation is 1. The second kappa shape index (κ2) is 7.24. The van der Waals surface area contributed by atoms with Gasteiger partial charge in [0.05, 0.1) is 12.8 Å². The van der Waals surface area contributed by atoms with E-state index >= 15 is 0 Å².